The van der Waals surface area contributed by atoms with E-state index in [4.69, 9.17) is 21.1 Å². The Kier molecular flexibility index (Phi) is 7.80. The molecule has 4 heterocycles. The Hall–Kier alpha value is -2.47. The van der Waals surface area contributed by atoms with Gasteiger partial charge in [-0.05, 0) is 34.1 Å². The number of methoxy groups -OCH3 is 1. The molecule has 0 aliphatic carbocycles. The van der Waals surface area contributed by atoms with Gasteiger partial charge in [0.15, 0.2) is 0 Å². The smallest absolute Gasteiger partial charge is 0.394 e. The fraction of sp³-hybridized carbons (Fsp3) is 0.364. The van der Waals surface area contributed by atoms with Crippen LogP contribution in [0.1, 0.15) is 23.4 Å². The predicted octanol–water partition coefficient (Wildman–Crippen LogP) is 4.21. The van der Waals surface area contributed by atoms with Gasteiger partial charge in [0.25, 0.3) is 0 Å². The zero-order chi connectivity index (χ0) is 28.1. The Balaban J connectivity index is 1.60. The quantitative estimate of drug-likeness (QED) is 0.297. The van der Waals surface area contributed by atoms with Crippen molar-refractivity contribution >= 4 is 38.9 Å². The lowest BCUT2D eigenvalue weighted by Crippen LogP contribution is -2.53. The number of nitrogens with zero attached hydrogens (tertiary/aromatic N) is 6. The van der Waals surface area contributed by atoms with Gasteiger partial charge < -0.3 is 19.7 Å². The van der Waals surface area contributed by atoms with E-state index < -0.39 is 60.3 Å². The monoisotopic (exact) mass is 652 g/mol. The van der Waals surface area contributed by atoms with Crippen LogP contribution in [0.3, 0.4) is 0 Å². The summed E-state index contributed by atoms with van der Waals surface area (Å²) in [7, 11) is 1.33. The van der Waals surface area contributed by atoms with Crippen LogP contribution in [0.5, 0.6) is 0 Å². The summed E-state index contributed by atoms with van der Waals surface area (Å²) in [5.74, 6) is -1.10. The molecular formula is C22H18BrClF4N6O4S. The van der Waals surface area contributed by atoms with Crippen molar-refractivity contribution in [3.8, 4) is 16.4 Å². The Bertz CT molecular complexity index is 1480. The first kappa shape index (κ1) is 28.1. The molecule has 1 aromatic carbocycles. The van der Waals surface area contributed by atoms with Crippen molar-refractivity contribution in [1.29, 1.82) is 0 Å². The number of aliphatic hydroxyl groups is 2. The topological polar surface area (TPSA) is 120 Å². The zero-order valence-corrected chi connectivity index (χ0v) is 22.8. The van der Waals surface area contributed by atoms with Crippen molar-refractivity contribution in [3.05, 3.63) is 62.7 Å². The lowest BCUT2D eigenvalue weighted by molar-refractivity contribution is -0.216. The first-order valence-corrected chi connectivity index (χ1v) is 13.2. The Morgan fingerprint density at radius 3 is 2.72 bits per heavy atom. The summed E-state index contributed by atoms with van der Waals surface area (Å²) in [4.78, 5) is 4.15. The first-order valence-electron chi connectivity index (χ1n) is 11.1. The van der Waals surface area contributed by atoms with Gasteiger partial charge in [0, 0.05) is 18.7 Å². The number of aliphatic hydroxyl groups excluding tert-OH is 2. The van der Waals surface area contributed by atoms with Crippen LogP contribution < -0.4 is 0 Å². The summed E-state index contributed by atoms with van der Waals surface area (Å²) in [5, 5.41) is 35.6. The Morgan fingerprint density at radius 2 is 2.08 bits per heavy atom. The number of hydrogen-bond acceptors (Lipinski definition) is 9. The van der Waals surface area contributed by atoms with Gasteiger partial charge in [0.2, 0.25) is 0 Å². The molecule has 17 heteroatoms. The summed E-state index contributed by atoms with van der Waals surface area (Å²) in [6, 6.07) is 1.72. The van der Waals surface area contributed by atoms with E-state index in [-0.39, 0.29) is 15.3 Å². The van der Waals surface area contributed by atoms with Gasteiger partial charge in [-0.25, -0.2) is 18.7 Å². The van der Waals surface area contributed by atoms with Gasteiger partial charge in [0.1, 0.15) is 52.1 Å². The molecule has 4 aromatic rings. The van der Waals surface area contributed by atoms with Gasteiger partial charge in [0.05, 0.1) is 34.2 Å². The molecule has 0 spiro atoms. The largest absolute Gasteiger partial charge is 0.418 e. The van der Waals surface area contributed by atoms with Crippen molar-refractivity contribution < 1.29 is 37.2 Å². The maximum atomic E-state index is 14.1. The van der Waals surface area contributed by atoms with Gasteiger partial charge >= 0.3 is 6.18 Å². The highest BCUT2D eigenvalue weighted by Gasteiger charge is 2.49. The number of ether oxygens (including phenoxy) is 2. The molecule has 3 aromatic heterocycles. The first-order chi connectivity index (χ1) is 18.5. The molecular weight excluding hydrogens is 636 g/mol. The average Bonchev–Trinajstić information content (AvgIpc) is 3.65. The molecule has 5 rings (SSSR count). The summed E-state index contributed by atoms with van der Waals surface area (Å²) < 4.78 is 69.5. The fourth-order valence-electron chi connectivity index (χ4n) is 4.46. The van der Waals surface area contributed by atoms with E-state index in [0.717, 1.165) is 10.7 Å². The third-order valence-electron chi connectivity index (χ3n) is 6.19. The molecule has 39 heavy (non-hydrogen) atoms. The number of benzene rings is 1. The highest BCUT2D eigenvalue weighted by Crippen LogP contribution is 2.42. The van der Waals surface area contributed by atoms with E-state index in [2.05, 4.69) is 36.3 Å². The van der Waals surface area contributed by atoms with Crippen LogP contribution in [0.15, 0.2) is 40.4 Å². The van der Waals surface area contributed by atoms with Crippen molar-refractivity contribution in [2.45, 2.75) is 36.6 Å². The third kappa shape index (κ3) is 5.21. The molecule has 1 saturated heterocycles. The molecule has 2 unspecified atom stereocenters. The number of halogens is 6. The SMILES string of the molecule is COC1[C@@H](n2cc(-c3nc(Cl)cs3)nn2)[C@@H](O)C(CO)O[C@H]1c1ccnn1-c1cc(Br)c(F)cc1C(F)(F)F. The van der Waals surface area contributed by atoms with Gasteiger partial charge in [-0.2, -0.15) is 18.3 Å². The van der Waals surface area contributed by atoms with Crippen molar-refractivity contribution in [2.75, 3.05) is 13.7 Å². The maximum absolute atomic E-state index is 14.1. The minimum atomic E-state index is -4.91. The summed E-state index contributed by atoms with van der Waals surface area (Å²) >= 11 is 10.1. The number of alkyl halides is 3. The van der Waals surface area contributed by atoms with Gasteiger partial charge in [-0.15, -0.1) is 16.4 Å². The van der Waals surface area contributed by atoms with E-state index in [1.54, 1.807) is 5.38 Å². The van der Waals surface area contributed by atoms with Gasteiger partial charge in [-0.3, -0.25) is 0 Å². The highest BCUT2D eigenvalue weighted by molar-refractivity contribution is 9.10. The standard InChI is InChI=1S/C22H18BrClF4N6O4S/c1-37-20-17(33-6-12(31-32-33)21-30-16(24)8-39-21)18(36)15(7-35)38-19(20)13-2-3-29-34(13)14-5-10(23)11(25)4-9(14)22(26,27)28/h2-6,8,15,17-20,35-36H,7H2,1H3/t15?,17-,18-,19-,20?/m0/s1. The molecule has 0 bridgehead atoms. The fourth-order valence-corrected chi connectivity index (χ4v) is 5.69. The van der Waals surface area contributed by atoms with Crippen LogP contribution >= 0.6 is 38.9 Å². The van der Waals surface area contributed by atoms with Crippen molar-refractivity contribution in [3.63, 3.8) is 0 Å². The van der Waals surface area contributed by atoms with Crippen LogP contribution in [-0.4, -0.2) is 72.0 Å². The second-order valence-electron chi connectivity index (χ2n) is 8.47. The van der Waals surface area contributed by atoms with E-state index in [1.165, 1.54) is 41.6 Å². The van der Waals surface area contributed by atoms with E-state index in [1.807, 2.05) is 0 Å². The van der Waals surface area contributed by atoms with Crippen molar-refractivity contribution in [1.82, 2.24) is 29.8 Å². The summed E-state index contributed by atoms with van der Waals surface area (Å²) in [5.41, 5.74) is -1.29. The van der Waals surface area contributed by atoms with Crippen LogP contribution in [0, 0.1) is 5.82 Å². The lowest BCUT2D eigenvalue weighted by atomic mass is 9.90. The molecule has 1 aliphatic rings. The van der Waals surface area contributed by atoms with Crippen LogP contribution in [0.4, 0.5) is 17.6 Å². The maximum Gasteiger partial charge on any atom is 0.418 e. The Labute approximate surface area is 234 Å². The van der Waals surface area contributed by atoms with E-state index in [0.29, 0.717) is 16.8 Å². The predicted molar refractivity (Wildman–Crippen MR) is 133 cm³/mol. The molecule has 208 valence electrons. The minimum absolute atomic E-state index is 0.0910. The number of hydrogen-bond donors (Lipinski definition) is 2. The zero-order valence-electron chi connectivity index (χ0n) is 19.6. The summed E-state index contributed by atoms with van der Waals surface area (Å²) in [6.07, 6.45) is -6.90. The van der Waals surface area contributed by atoms with Crippen molar-refractivity contribution in [2.24, 2.45) is 0 Å². The molecule has 1 aliphatic heterocycles. The van der Waals surface area contributed by atoms with E-state index >= 15 is 0 Å². The van der Waals surface area contributed by atoms with Crippen LogP contribution in [0.25, 0.3) is 16.4 Å². The molecule has 2 N–H and O–H groups in total. The number of thiazole rings is 1. The minimum Gasteiger partial charge on any atom is -0.394 e. The number of rotatable bonds is 6. The normalized spacial score (nSPS) is 23.9. The number of aromatic nitrogens is 6. The van der Waals surface area contributed by atoms with Gasteiger partial charge in [-0.1, -0.05) is 16.8 Å². The van der Waals surface area contributed by atoms with Crippen LogP contribution in [-0.2, 0) is 15.7 Å². The lowest BCUT2D eigenvalue weighted by Gasteiger charge is -2.43. The molecule has 0 radical (unpaired) electrons. The second-order valence-corrected chi connectivity index (χ2v) is 10.6. The summed E-state index contributed by atoms with van der Waals surface area (Å²) in [6.45, 7) is -0.627. The van der Waals surface area contributed by atoms with E-state index in [9.17, 15) is 27.8 Å². The third-order valence-corrected chi connectivity index (χ3v) is 7.98. The average molecular weight is 654 g/mol. The second kappa shape index (κ2) is 10.8. The molecule has 0 amide bonds. The van der Waals surface area contributed by atoms with Crippen LogP contribution in [0.2, 0.25) is 5.15 Å². The highest BCUT2D eigenvalue weighted by atomic mass is 79.9. The molecule has 5 atom stereocenters. The molecule has 10 nitrogen and oxygen atoms in total. The molecule has 1 fully saturated rings. The Morgan fingerprint density at radius 1 is 1.31 bits per heavy atom. The molecule has 0 saturated carbocycles.